The van der Waals surface area contributed by atoms with Gasteiger partial charge < -0.3 is 26.2 Å². The lowest BCUT2D eigenvalue weighted by Gasteiger charge is -2.49. The van der Waals surface area contributed by atoms with E-state index in [1.807, 2.05) is 12.2 Å². The third-order valence-corrected chi connectivity index (χ3v) is 8.49. The minimum atomic E-state index is -1.91. The fourth-order valence-corrected chi connectivity index (χ4v) is 6.90. The van der Waals surface area contributed by atoms with Crippen molar-refractivity contribution in [2.45, 2.75) is 44.8 Å². The van der Waals surface area contributed by atoms with Crippen LogP contribution in [-0.2, 0) is 17.8 Å². The third-order valence-electron chi connectivity index (χ3n) is 8.16. The predicted molar refractivity (Wildman–Crippen MR) is 129 cm³/mol. The molecule has 0 spiro atoms. The van der Waals surface area contributed by atoms with Crippen molar-refractivity contribution in [3.8, 4) is 5.75 Å². The van der Waals surface area contributed by atoms with E-state index in [-0.39, 0.29) is 46.8 Å². The molecule has 0 radical (unpaired) electrons. The maximum atomic E-state index is 13.8. The number of hydrogen-bond donors (Lipinski definition) is 5. The van der Waals surface area contributed by atoms with Crippen LogP contribution < -0.4 is 5.73 Å². The normalized spacial score (nSPS) is 30.4. The number of allylic oxidation sites excluding steroid dienone is 2. The van der Waals surface area contributed by atoms with E-state index in [1.165, 1.54) is 0 Å². The second kappa shape index (κ2) is 8.40. The Balaban J connectivity index is 1.61. The number of amides is 1. The Labute approximate surface area is 208 Å². The second-order valence-corrected chi connectivity index (χ2v) is 10.5. The van der Waals surface area contributed by atoms with Crippen LogP contribution in [0.1, 0.15) is 47.7 Å². The van der Waals surface area contributed by atoms with Crippen LogP contribution in [0.25, 0.3) is 0 Å². The van der Waals surface area contributed by atoms with Gasteiger partial charge in [-0.05, 0) is 42.7 Å². The summed E-state index contributed by atoms with van der Waals surface area (Å²) < 4.78 is 0. The van der Waals surface area contributed by atoms with Gasteiger partial charge in [0.2, 0.25) is 0 Å². The van der Waals surface area contributed by atoms with Gasteiger partial charge in [-0.15, -0.1) is 0 Å². The number of carbonyl (C=O) groups excluding carboxylic acids is 2. The largest absolute Gasteiger partial charge is 0.512 e. The molecule has 3 unspecified atom stereocenters. The number of ketones is 1. The minimum Gasteiger partial charge on any atom is -0.512 e. The van der Waals surface area contributed by atoms with Crippen molar-refractivity contribution < 1.29 is 30.0 Å². The third kappa shape index (κ3) is 3.50. The monoisotopic (exact) mass is 500 g/mol. The highest BCUT2D eigenvalue weighted by atomic mass is 35.5. The summed E-state index contributed by atoms with van der Waals surface area (Å²) in [6.07, 6.45) is 4.85. The van der Waals surface area contributed by atoms with Gasteiger partial charge in [0.15, 0.2) is 5.78 Å². The first-order valence-corrected chi connectivity index (χ1v) is 12.3. The number of phenols is 1. The Morgan fingerprint density at radius 1 is 1.23 bits per heavy atom. The highest BCUT2D eigenvalue weighted by Gasteiger charge is 2.56. The molecule has 6 N–H and O–H groups in total. The van der Waals surface area contributed by atoms with Crippen molar-refractivity contribution in [1.29, 1.82) is 0 Å². The van der Waals surface area contributed by atoms with Crippen LogP contribution in [0.5, 0.6) is 5.75 Å². The number of hydrogen-bond acceptors (Lipinski definition) is 7. The van der Waals surface area contributed by atoms with Crippen molar-refractivity contribution in [1.82, 2.24) is 4.90 Å². The average Bonchev–Trinajstić information content (AvgIpc) is 3.29. The molecule has 9 heteroatoms. The molecular weight excluding hydrogens is 472 g/mol. The van der Waals surface area contributed by atoms with Gasteiger partial charge in [-0.1, -0.05) is 30.7 Å². The number of carbonyl (C=O) groups is 2. The van der Waals surface area contributed by atoms with Gasteiger partial charge in [0.1, 0.15) is 22.9 Å². The molecule has 35 heavy (non-hydrogen) atoms. The molecule has 1 aromatic rings. The number of nitrogens with two attached hydrogens (primary N) is 1. The first-order chi connectivity index (χ1) is 16.6. The molecule has 3 aliphatic carbocycles. The molecule has 1 aliphatic heterocycles. The van der Waals surface area contributed by atoms with Crippen molar-refractivity contribution in [3.05, 3.63) is 62.6 Å². The van der Waals surface area contributed by atoms with Gasteiger partial charge in [-0.2, -0.15) is 0 Å². The number of primary amides is 1. The summed E-state index contributed by atoms with van der Waals surface area (Å²) in [7, 11) is 0. The van der Waals surface area contributed by atoms with Crippen LogP contribution in [0.3, 0.4) is 0 Å². The van der Waals surface area contributed by atoms with Crippen LogP contribution in [-0.4, -0.2) is 55.7 Å². The van der Waals surface area contributed by atoms with Gasteiger partial charge in [0.25, 0.3) is 5.91 Å². The van der Waals surface area contributed by atoms with Gasteiger partial charge in [-0.3, -0.25) is 14.5 Å². The van der Waals surface area contributed by atoms with Crippen LogP contribution in [0.2, 0.25) is 5.02 Å². The molecule has 4 atom stereocenters. The molecule has 1 amide bonds. The summed E-state index contributed by atoms with van der Waals surface area (Å²) in [6.45, 7) is 3.51. The molecule has 0 bridgehead atoms. The van der Waals surface area contributed by atoms with Crippen LogP contribution in [0.15, 0.2) is 40.9 Å². The number of aromatic hydroxyl groups is 1. The van der Waals surface area contributed by atoms with E-state index in [0.29, 0.717) is 35.5 Å². The molecule has 0 aromatic heterocycles. The number of fused-ring (bicyclic) bond motifs is 3. The summed E-state index contributed by atoms with van der Waals surface area (Å²) in [4.78, 5) is 28.0. The highest BCUT2D eigenvalue weighted by Crippen LogP contribution is 2.55. The maximum Gasteiger partial charge on any atom is 0.250 e. The standard InChI is InChI=1S/C26H29ClN2O6/c1-2-26(35)20-13(10-17(30)21(26)25(28)34)7-12-8-15-16(27)9-14(11-29-5-3-4-6-29)22(31)19(15)23(32)18(12)24(20)33/h3-4,9,12-13,20,30-31,33,35H,2,5-8,10-11H2,1H3,(H2,28,34)/t12?,13?,20?,26-/m1/s1. The SMILES string of the molecule is CC[C@]1(O)C(C(N)=O)=C(O)CC2CC3Cc4c(Cl)cc(CN5CC=CC5)c(O)c4C(=O)C3=C(O)C21. The average molecular weight is 501 g/mol. The van der Waals surface area contributed by atoms with E-state index in [4.69, 9.17) is 17.3 Å². The van der Waals surface area contributed by atoms with Crippen molar-refractivity contribution in [2.75, 3.05) is 13.1 Å². The molecule has 0 saturated carbocycles. The zero-order valence-corrected chi connectivity index (χ0v) is 20.2. The van der Waals surface area contributed by atoms with Crippen LogP contribution in [0, 0.1) is 17.8 Å². The molecule has 186 valence electrons. The molecule has 5 rings (SSSR count). The Morgan fingerprint density at radius 3 is 2.54 bits per heavy atom. The smallest absolute Gasteiger partial charge is 0.250 e. The first-order valence-electron chi connectivity index (χ1n) is 11.9. The van der Waals surface area contributed by atoms with Crippen LogP contribution >= 0.6 is 11.6 Å². The Kier molecular flexibility index (Phi) is 5.74. The van der Waals surface area contributed by atoms with Crippen molar-refractivity contribution in [3.63, 3.8) is 0 Å². The number of rotatable bonds is 4. The topological polar surface area (TPSA) is 144 Å². The van der Waals surface area contributed by atoms with Gasteiger partial charge in [0.05, 0.1) is 17.1 Å². The van der Waals surface area contributed by atoms with E-state index >= 15 is 0 Å². The predicted octanol–water partition coefficient (Wildman–Crippen LogP) is 3.06. The first kappa shape index (κ1) is 23.9. The maximum absolute atomic E-state index is 13.8. The van der Waals surface area contributed by atoms with Crippen molar-refractivity contribution >= 4 is 23.3 Å². The molecular formula is C26H29ClN2O6. The van der Waals surface area contributed by atoms with Crippen molar-refractivity contribution in [2.24, 2.45) is 23.5 Å². The molecule has 0 saturated heterocycles. The van der Waals surface area contributed by atoms with E-state index in [0.717, 1.165) is 13.1 Å². The quantitative estimate of drug-likeness (QED) is 0.399. The zero-order valence-electron chi connectivity index (χ0n) is 19.4. The lowest BCUT2D eigenvalue weighted by Crippen LogP contribution is -2.54. The molecule has 1 heterocycles. The lowest BCUT2D eigenvalue weighted by atomic mass is 9.57. The van der Waals surface area contributed by atoms with E-state index in [9.17, 15) is 30.0 Å². The van der Waals surface area contributed by atoms with Crippen LogP contribution in [0.4, 0.5) is 0 Å². The summed E-state index contributed by atoms with van der Waals surface area (Å²) in [6, 6.07) is 1.70. The summed E-state index contributed by atoms with van der Waals surface area (Å²) in [5.74, 6) is -3.99. The zero-order chi connectivity index (χ0) is 25.2. The van der Waals surface area contributed by atoms with Gasteiger partial charge in [-0.25, -0.2) is 0 Å². The number of halogens is 1. The van der Waals surface area contributed by atoms with Gasteiger partial charge >= 0.3 is 0 Å². The molecule has 0 fully saturated rings. The Hall–Kier alpha value is -2.81. The number of phenolic OH excluding ortho intramolecular Hbond substituents is 1. The second-order valence-electron chi connectivity index (χ2n) is 10.1. The van der Waals surface area contributed by atoms with E-state index in [2.05, 4.69) is 4.90 Å². The highest BCUT2D eigenvalue weighted by molar-refractivity contribution is 6.32. The number of benzene rings is 1. The Bertz CT molecular complexity index is 1230. The lowest BCUT2D eigenvalue weighted by molar-refractivity contribution is -0.120. The molecule has 1 aromatic carbocycles. The number of nitrogens with zero attached hydrogens (tertiary/aromatic N) is 1. The number of aliphatic hydroxyl groups is 3. The minimum absolute atomic E-state index is 0.00831. The van der Waals surface area contributed by atoms with E-state index in [1.54, 1.807) is 13.0 Å². The number of aliphatic hydroxyl groups excluding tert-OH is 2. The fraction of sp³-hybridized carbons (Fsp3) is 0.462. The summed E-state index contributed by atoms with van der Waals surface area (Å²) in [5, 5.41) is 45.0. The number of Topliss-reactive ketones (excluding diaryl/α,β-unsaturated/α-hetero) is 1. The molecule has 4 aliphatic rings. The van der Waals surface area contributed by atoms with E-state index < -0.39 is 35.0 Å². The summed E-state index contributed by atoms with van der Waals surface area (Å²) in [5.41, 5.74) is 4.53. The summed E-state index contributed by atoms with van der Waals surface area (Å²) >= 11 is 6.61. The Morgan fingerprint density at radius 2 is 1.91 bits per heavy atom. The molecule has 8 nitrogen and oxygen atoms in total. The van der Waals surface area contributed by atoms with Gasteiger partial charge in [0, 0.05) is 42.2 Å². The fourth-order valence-electron chi connectivity index (χ4n) is 6.60.